The predicted octanol–water partition coefficient (Wildman–Crippen LogP) is 3.03. The van der Waals surface area contributed by atoms with Crippen molar-refractivity contribution in [2.24, 2.45) is 11.8 Å². The minimum Gasteiger partial charge on any atom is -0.349 e. The number of nitrogens with one attached hydrogen (secondary N) is 2. The maximum atomic E-state index is 12.6. The number of carbonyl (C=O) groups is 1. The van der Waals surface area contributed by atoms with E-state index in [2.05, 4.69) is 41.8 Å². The van der Waals surface area contributed by atoms with Crippen molar-refractivity contribution in [3.63, 3.8) is 0 Å². The number of benzene rings is 1. The third kappa shape index (κ3) is 3.46. The normalized spacial score (nSPS) is 27.7. The lowest BCUT2D eigenvalue weighted by Crippen LogP contribution is -2.45. The molecule has 1 amide bonds. The summed E-state index contributed by atoms with van der Waals surface area (Å²) >= 11 is 0. The Bertz CT molecular complexity index is 469. The fraction of sp³-hybridized carbons (Fsp3) is 0.611. The van der Waals surface area contributed by atoms with Crippen molar-refractivity contribution in [2.75, 3.05) is 6.54 Å². The second-order valence-electron chi connectivity index (χ2n) is 6.66. The lowest BCUT2D eigenvalue weighted by molar-refractivity contribution is -0.127. The highest BCUT2D eigenvalue weighted by Crippen LogP contribution is 2.38. The molecule has 1 saturated carbocycles. The van der Waals surface area contributed by atoms with Crippen LogP contribution in [0.5, 0.6) is 0 Å². The molecule has 1 aromatic carbocycles. The van der Waals surface area contributed by atoms with E-state index in [-0.39, 0.29) is 17.9 Å². The third-order valence-electron chi connectivity index (χ3n) is 5.07. The van der Waals surface area contributed by atoms with Gasteiger partial charge in [0.2, 0.25) is 5.91 Å². The highest BCUT2D eigenvalue weighted by Gasteiger charge is 2.32. The van der Waals surface area contributed by atoms with Crippen LogP contribution in [0.4, 0.5) is 0 Å². The molecule has 0 bridgehead atoms. The molecule has 3 rings (SSSR count). The van der Waals surface area contributed by atoms with Crippen molar-refractivity contribution in [1.82, 2.24) is 10.6 Å². The molecule has 1 aliphatic carbocycles. The van der Waals surface area contributed by atoms with Gasteiger partial charge in [0.15, 0.2) is 0 Å². The number of piperidine rings is 1. The van der Waals surface area contributed by atoms with Gasteiger partial charge in [-0.2, -0.15) is 0 Å². The van der Waals surface area contributed by atoms with E-state index in [0.29, 0.717) is 12.0 Å². The Morgan fingerprint density at radius 2 is 2.00 bits per heavy atom. The van der Waals surface area contributed by atoms with Gasteiger partial charge in [-0.05, 0) is 50.6 Å². The molecule has 2 N–H and O–H groups in total. The summed E-state index contributed by atoms with van der Waals surface area (Å²) in [4.78, 5) is 12.6. The average Bonchev–Trinajstić information content (AvgIpc) is 2.45. The van der Waals surface area contributed by atoms with Gasteiger partial charge in [0.05, 0.1) is 6.04 Å². The zero-order valence-electron chi connectivity index (χ0n) is 12.8. The number of carbonyl (C=O) groups excluding carboxylic acids is 1. The van der Waals surface area contributed by atoms with E-state index in [9.17, 15) is 4.79 Å². The van der Waals surface area contributed by atoms with E-state index in [1.54, 1.807) is 0 Å². The SMILES string of the molecule is C[C@H]1C[C@@H](C(=O)NC(c2ccccc2)C2CCC2)CCN1. The van der Waals surface area contributed by atoms with Crippen LogP contribution in [0.3, 0.4) is 0 Å². The zero-order chi connectivity index (χ0) is 14.7. The summed E-state index contributed by atoms with van der Waals surface area (Å²) < 4.78 is 0. The molecule has 0 aromatic heterocycles. The Morgan fingerprint density at radius 3 is 2.62 bits per heavy atom. The first kappa shape index (κ1) is 14.6. The van der Waals surface area contributed by atoms with Crippen molar-refractivity contribution in [1.29, 1.82) is 0 Å². The number of hydrogen-bond acceptors (Lipinski definition) is 2. The second-order valence-corrected chi connectivity index (χ2v) is 6.66. The van der Waals surface area contributed by atoms with Gasteiger partial charge in [-0.1, -0.05) is 36.8 Å². The van der Waals surface area contributed by atoms with E-state index in [4.69, 9.17) is 0 Å². The minimum atomic E-state index is 0.174. The molecule has 114 valence electrons. The minimum absolute atomic E-state index is 0.174. The van der Waals surface area contributed by atoms with Gasteiger partial charge >= 0.3 is 0 Å². The monoisotopic (exact) mass is 286 g/mol. The maximum absolute atomic E-state index is 12.6. The molecular weight excluding hydrogens is 260 g/mol. The van der Waals surface area contributed by atoms with Crippen LogP contribution in [0.15, 0.2) is 30.3 Å². The molecule has 1 heterocycles. The summed E-state index contributed by atoms with van der Waals surface area (Å²) in [6.45, 7) is 3.12. The van der Waals surface area contributed by atoms with E-state index in [1.165, 1.54) is 24.8 Å². The van der Waals surface area contributed by atoms with Gasteiger partial charge < -0.3 is 10.6 Å². The Labute approximate surface area is 127 Å². The van der Waals surface area contributed by atoms with Crippen LogP contribution in [-0.4, -0.2) is 18.5 Å². The highest BCUT2D eigenvalue weighted by atomic mass is 16.1. The lowest BCUT2D eigenvalue weighted by Gasteiger charge is -2.36. The molecule has 3 atom stereocenters. The Balaban J connectivity index is 1.68. The van der Waals surface area contributed by atoms with Crippen LogP contribution in [0.2, 0.25) is 0 Å². The van der Waals surface area contributed by atoms with Gasteiger partial charge in [-0.25, -0.2) is 0 Å². The van der Waals surface area contributed by atoms with Gasteiger partial charge in [0, 0.05) is 12.0 Å². The lowest BCUT2D eigenvalue weighted by atomic mass is 9.77. The average molecular weight is 286 g/mol. The van der Waals surface area contributed by atoms with Crippen molar-refractivity contribution in [3.05, 3.63) is 35.9 Å². The van der Waals surface area contributed by atoms with Crippen molar-refractivity contribution in [2.45, 2.75) is 51.1 Å². The summed E-state index contributed by atoms with van der Waals surface area (Å²) in [5.41, 5.74) is 1.26. The van der Waals surface area contributed by atoms with Crippen LogP contribution in [0, 0.1) is 11.8 Å². The van der Waals surface area contributed by atoms with Gasteiger partial charge in [-0.3, -0.25) is 4.79 Å². The number of rotatable bonds is 4. The molecule has 1 aromatic rings. The van der Waals surface area contributed by atoms with Crippen LogP contribution in [0.25, 0.3) is 0 Å². The van der Waals surface area contributed by atoms with Crippen LogP contribution < -0.4 is 10.6 Å². The fourth-order valence-electron chi connectivity index (χ4n) is 3.55. The first-order valence-corrected chi connectivity index (χ1v) is 8.32. The molecule has 2 aliphatic rings. The van der Waals surface area contributed by atoms with Crippen LogP contribution in [-0.2, 0) is 4.79 Å². The van der Waals surface area contributed by atoms with E-state index < -0.39 is 0 Å². The Kier molecular flexibility index (Phi) is 4.59. The first-order chi connectivity index (χ1) is 10.2. The molecule has 21 heavy (non-hydrogen) atoms. The predicted molar refractivity (Wildman–Crippen MR) is 84.9 cm³/mol. The molecule has 0 radical (unpaired) electrons. The first-order valence-electron chi connectivity index (χ1n) is 8.32. The molecule has 1 saturated heterocycles. The summed E-state index contributed by atoms with van der Waals surface area (Å²) in [6, 6.07) is 11.1. The van der Waals surface area contributed by atoms with E-state index in [1.807, 2.05) is 6.07 Å². The number of hydrogen-bond donors (Lipinski definition) is 2. The fourth-order valence-corrected chi connectivity index (χ4v) is 3.55. The molecule has 1 unspecified atom stereocenters. The summed E-state index contributed by atoms with van der Waals surface area (Å²) in [5.74, 6) is 1.05. The highest BCUT2D eigenvalue weighted by molar-refractivity contribution is 5.79. The molecule has 0 spiro atoms. The van der Waals surface area contributed by atoms with Gasteiger partial charge in [0.1, 0.15) is 0 Å². The second kappa shape index (κ2) is 6.61. The smallest absolute Gasteiger partial charge is 0.223 e. The molecular formula is C18H26N2O. The van der Waals surface area contributed by atoms with Gasteiger partial charge in [-0.15, -0.1) is 0 Å². The van der Waals surface area contributed by atoms with Crippen molar-refractivity contribution < 1.29 is 4.79 Å². The largest absolute Gasteiger partial charge is 0.349 e. The Hall–Kier alpha value is -1.35. The van der Waals surface area contributed by atoms with Gasteiger partial charge in [0.25, 0.3) is 0 Å². The summed E-state index contributed by atoms with van der Waals surface area (Å²) in [7, 11) is 0. The van der Waals surface area contributed by atoms with E-state index >= 15 is 0 Å². The van der Waals surface area contributed by atoms with Crippen LogP contribution in [0.1, 0.15) is 50.6 Å². The number of amides is 1. The van der Waals surface area contributed by atoms with E-state index in [0.717, 1.165) is 19.4 Å². The molecule has 2 fully saturated rings. The third-order valence-corrected chi connectivity index (χ3v) is 5.07. The van der Waals surface area contributed by atoms with Crippen LogP contribution >= 0.6 is 0 Å². The Morgan fingerprint density at radius 1 is 1.24 bits per heavy atom. The quantitative estimate of drug-likeness (QED) is 0.893. The molecule has 3 nitrogen and oxygen atoms in total. The summed E-state index contributed by atoms with van der Waals surface area (Å²) in [6.07, 6.45) is 5.69. The topological polar surface area (TPSA) is 41.1 Å². The molecule has 1 aliphatic heterocycles. The summed E-state index contributed by atoms with van der Waals surface area (Å²) in [5, 5.41) is 6.78. The molecule has 3 heteroatoms. The maximum Gasteiger partial charge on any atom is 0.223 e. The zero-order valence-corrected chi connectivity index (χ0v) is 12.8. The van der Waals surface area contributed by atoms with Crippen molar-refractivity contribution >= 4 is 5.91 Å². The van der Waals surface area contributed by atoms with Crippen molar-refractivity contribution in [3.8, 4) is 0 Å². The standard InChI is InChI=1S/C18H26N2O/c1-13-12-16(10-11-19-13)18(21)20-17(15-8-5-9-15)14-6-3-2-4-7-14/h2-4,6-7,13,15-17,19H,5,8-12H2,1H3,(H,20,21)/t13-,16-,17?/m0/s1.